The molecule has 0 rings (SSSR count). The van der Waals surface area contributed by atoms with Crippen molar-refractivity contribution in [2.75, 3.05) is 7.11 Å². The van der Waals surface area contributed by atoms with Crippen molar-refractivity contribution in [2.45, 2.75) is 92.1 Å². The molecule has 0 aliphatic heterocycles. The summed E-state index contributed by atoms with van der Waals surface area (Å²) in [4.78, 5) is 11.3. The molecule has 1 N–H and O–H groups in total. The molecule has 164 valence electrons. The number of hydrogen-bond acceptors (Lipinski definition) is 3. The first kappa shape index (κ1) is 27.1. The fraction of sp³-hybridized carbons (Fsp3) is 0.577. The molecule has 1 unspecified atom stereocenters. The largest absolute Gasteiger partial charge is 0.466 e. The normalized spacial score (nSPS) is 13.8. The first-order chi connectivity index (χ1) is 13.7. The van der Waals surface area contributed by atoms with E-state index < -0.39 is 12.1 Å². The van der Waals surface area contributed by atoms with Gasteiger partial charge in [-0.3, -0.25) is 0 Å². The van der Waals surface area contributed by atoms with Gasteiger partial charge in [-0.1, -0.05) is 53.2 Å². The standard InChI is InChI=1S/C26H42O3/c1-20(2)12-10-15-22(4)17-11-16-21(3)13-8-9-14-23(5)18-19-25(27)24(6)26(28)29-7/h12-14,17,25,27H,6,8-11,15-16,18-19H2,1-5,7H3/b21-13+,22-17+,23-14+. The van der Waals surface area contributed by atoms with Gasteiger partial charge in [-0.2, -0.15) is 0 Å². The Kier molecular flexibility index (Phi) is 15.0. The fourth-order valence-electron chi connectivity index (χ4n) is 2.91. The highest BCUT2D eigenvalue weighted by atomic mass is 16.5. The highest BCUT2D eigenvalue weighted by Gasteiger charge is 2.16. The van der Waals surface area contributed by atoms with Crippen LogP contribution in [0.5, 0.6) is 0 Å². The molecule has 0 aromatic heterocycles. The molecule has 0 saturated heterocycles. The second kappa shape index (κ2) is 16.0. The monoisotopic (exact) mass is 402 g/mol. The van der Waals surface area contributed by atoms with E-state index in [-0.39, 0.29) is 5.57 Å². The third-order valence-electron chi connectivity index (χ3n) is 4.94. The third-order valence-corrected chi connectivity index (χ3v) is 4.94. The summed E-state index contributed by atoms with van der Waals surface area (Å²) in [6.45, 7) is 14.4. The summed E-state index contributed by atoms with van der Waals surface area (Å²) in [5.41, 5.74) is 5.66. The second-order valence-corrected chi connectivity index (χ2v) is 8.16. The van der Waals surface area contributed by atoms with Crippen molar-refractivity contribution in [3.05, 3.63) is 58.7 Å². The van der Waals surface area contributed by atoms with Crippen LogP contribution < -0.4 is 0 Å². The Hall–Kier alpha value is -1.87. The van der Waals surface area contributed by atoms with E-state index in [4.69, 9.17) is 0 Å². The van der Waals surface area contributed by atoms with E-state index in [0.717, 1.165) is 44.9 Å². The maximum absolute atomic E-state index is 11.3. The zero-order valence-electron chi connectivity index (χ0n) is 19.5. The Balaban J connectivity index is 4.13. The molecule has 0 fully saturated rings. The van der Waals surface area contributed by atoms with Gasteiger partial charge in [-0.05, 0) is 86.0 Å². The molecular weight excluding hydrogens is 360 g/mol. The van der Waals surface area contributed by atoms with Crippen molar-refractivity contribution in [1.82, 2.24) is 0 Å². The number of rotatable bonds is 14. The van der Waals surface area contributed by atoms with Crippen LogP contribution in [0.4, 0.5) is 0 Å². The number of esters is 1. The lowest BCUT2D eigenvalue weighted by Gasteiger charge is -2.11. The van der Waals surface area contributed by atoms with Gasteiger partial charge in [0, 0.05) is 0 Å². The van der Waals surface area contributed by atoms with Gasteiger partial charge in [0.25, 0.3) is 0 Å². The van der Waals surface area contributed by atoms with Crippen LogP contribution in [0.2, 0.25) is 0 Å². The highest BCUT2D eigenvalue weighted by Crippen LogP contribution is 2.15. The van der Waals surface area contributed by atoms with Crippen molar-refractivity contribution in [3.63, 3.8) is 0 Å². The van der Waals surface area contributed by atoms with E-state index in [1.54, 1.807) is 0 Å². The lowest BCUT2D eigenvalue weighted by molar-refractivity contribution is -0.137. The lowest BCUT2D eigenvalue weighted by Crippen LogP contribution is -2.18. The SMILES string of the molecule is C=C(C(=O)OC)C(O)CC/C(C)=C/CC/C=C(\C)CC/C=C(\C)CCC=C(C)C. The van der Waals surface area contributed by atoms with E-state index in [0.29, 0.717) is 6.42 Å². The highest BCUT2D eigenvalue weighted by molar-refractivity contribution is 5.88. The Morgan fingerprint density at radius 2 is 1.28 bits per heavy atom. The summed E-state index contributed by atoms with van der Waals surface area (Å²) >= 11 is 0. The van der Waals surface area contributed by atoms with Crippen molar-refractivity contribution in [3.8, 4) is 0 Å². The van der Waals surface area contributed by atoms with Gasteiger partial charge in [0.15, 0.2) is 0 Å². The molecule has 3 nitrogen and oxygen atoms in total. The predicted octanol–water partition coefficient (Wildman–Crippen LogP) is 7.00. The zero-order chi connectivity index (χ0) is 22.2. The molecule has 29 heavy (non-hydrogen) atoms. The summed E-state index contributed by atoms with van der Waals surface area (Å²) in [5, 5.41) is 9.96. The van der Waals surface area contributed by atoms with Crippen molar-refractivity contribution in [1.29, 1.82) is 0 Å². The smallest absolute Gasteiger partial charge is 0.335 e. The molecule has 0 aromatic rings. The van der Waals surface area contributed by atoms with Gasteiger partial charge < -0.3 is 9.84 Å². The summed E-state index contributed by atoms with van der Waals surface area (Å²) in [5.74, 6) is -0.544. The number of ether oxygens (including phenoxy) is 1. The average Bonchev–Trinajstić information content (AvgIpc) is 2.67. The minimum Gasteiger partial charge on any atom is -0.466 e. The van der Waals surface area contributed by atoms with Crippen LogP contribution in [0, 0.1) is 0 Å². The van der Waals surface area contributed by atoms with Crippen LogP contribution >= 0.6 is 0 Å². The zero-order valence-corrected chi connectivity index (χ0v) is 19.5. The molecule has 0 spiro atoms. The maximum atomic E-state index is 11.3. The van der Waals surface area contributed by atoms with E-state index >= 15 is 0 Å². The lowest BCUT2D eigenvalue weighted by atomic mass is 10.0. The third kappa shape index (κ3) is 14.7. The molecular formula is C26H42O3. The van der Waals surface area contributed by atoms with E-state index in [2.05, 4.69) is 70.2 Å². The summed E-state index contributed by atoms with van der Waals surface area (Å²) in [6, 6.07) is 0. The quantitative estimate of drug-likeness (QED) is 0.147. The van der Waals surface area contributed by atoms with Gasteiger partial charge in [-0.15, -0.1) is 0 Å². The van der Waals surface area contributed by atoms with Gasteiger partial charge in [0.1, 0.15) is 0 Å². The molecule has 1 atom stereocenters. The number of carbonyl (C=O) groups is 1. The topological polar surface area (TPSA) is 46.5 Å². The fourth-order valence-corrected chi connectivity index (χ4v) is 2.91. The van der Waals surface area contributed by atoms with Crippen molar-refractivity contribution in [2.24, 2.45) is 0 Å². The first-order valence-corrected chi connectivity index (χ1v) is 10.7. The maximum Gasteiger partial charge on any atom is 0.335 e. The molecule has 3 heteroatoms. The Morgan fingerprint density at radius 1 is 0.828 bits per heavy atom. The molecule has 0 aromatic carbocycles. The van der Waals surface area contributed by atoms with Crippen LogP contribution in [-0.4, -0.2) is 24.3 Å². The van der Waals surface area contributed by atoms with Crippen LogP contribution in [0.1, 0.15) is 86.0 Å². The van der Waals surface area contributed by atoms with Crippen molar-refractivity contribution >= 4 is 5.97 Å². The predicted molar refractivity (Wildman–Crippen MR) is 125 cm³/mol. The molecule has 0 aliphatic rings. The van der Waals surface area contributed by atoms with Crippen molar-refractivity contribution < 1.29 is 14.6 Å². The Morgan fingerprint density at radius 3 is 1.76 bits per heavy atom. The van der Waals surface area contributed by atoms with Crippen LogP contribution in [-0.2, 0) is 9.53 Å². The second-order valence-electron chi connectivity index (χ2n) is 8.16. The first-order valence-electron chi connectivity index (χ1n) is 10.7. The number of aliphatic hydroxyl groups excluding tert-OH is 1. The summed E-state index contributed by atoms with van der Waals surface area (Å²) in [7, 11) is 1.30. The Bertz CT molecular complexity index is 628. The number of hydrogen-bond donors (Lipinski definition) is 1. The number of methoxy groups -OCH3 is 1. The van der Waals surface area contributed by atoms with Gasteiger partial charge in [0.2, 0.25) is 0 Å². The van der Waals surface area contributed by atoms with Crippen LogP contribution in [0.15, 0.2) is 58.7 Å². The molecule has 0 radical (unpaired) electrons. The van der Waals surface area contributed by atoms with E-state index in [9.17, 15) is 9.90 Å². The number of allylic oxidation sites excluding steroid dienone is 8. The summed E-state index contributed by atoms with van der Waals surface area (Å²) in [6.07, 6.45) is 16.1. The van der Waals surface area contributed by atoms with Gasteiger partial charge >= 0.3 is 5.97 Å². The molecule has 0 saturated carbocycles. The van der Waals surface area contributed by atoms with Crippen LogP contribution in [0.3, 0.4) is 0 Å². The molecule has 0 bridgehead atoms. The Labute approximate surface area is 178 Å². The minimum atomic E-state index is -0.841. The minimum absolute atomic E-state index is 0.125. The van der Waals surface area contributed by atoms with Crippen LogP contribution in [0.25, 0.3) is 0 Å². The molecule has 0 aliphatic carbocycles. The number of unbranched alkanes of at least 4 members (excludes halogenated alkanes) is 1. The summed E-state index contributed by atoms with van der Waals surface area (Å²) < 4.78 is 4.58. The van der Waals surface area contributed by atoms with Gasteiger partial charge in [-0.25, -0.2) is 4.79 Å². The average molecular weight is 403 g/mol. The number of aliphatic hydroxyl groups is 1. The molecule has 0 heterocycles. The molecule has 0 amide bonds. The number of carbonyl (C=O) groups excluding carboxylic acids is 1. The van der Waals surface area contributed by atoms with E-state index in [1.807, 2.05) is 0 Å². The van der Waals surface area contributed by atoms with E-state index in [1.165, 1.54) is 29.4 Å². The van der Waals surface area contributed by atoms with Gasteiger partial charge in [0.05, 0.1) is 18.8 Å².